The third kappa shape index (κ3) is 1.21. The number of thiophene rings is 1. The van der Waals surface area contributed by atoms with E-state index in [1.807, 2.05) is 18.2 Å². The second-order valence-electron chi connectivity index (χ2n) is 3.89. The van der Waals surface area contributed by atoms with Gasteiger partial charge in [0.05, 0.1) is 11.1 Å². The van der Waals surface area contributed by atoms with Gasteiger partial charge in [-0.15, -0.1) is 11.3 Å². The molecule has 0 aliphatic heterocycles. The molecule has 1 N–H and O–H groups in total. The normalized spacial score (nSPS) is 18.0. The lowest BCUT2D eigenvalue weighted by molar-refractivity contribution is 0.102. The summed E-state index contributed by atoms with van der Waals surface area (Å²) in [6.07, 6.45) is 2.44. The van der Waals surface area contributed by atoms with Crippen LogP contribution in [-0.4, -0.2) is 10.9 Å². The minimum absolute atomic E-state index is 0.00931. The summed E-state index contributed by atoms with van der Waals surface area (Å²) in [5.41, 5.74) is 1.68. The first-order chi connectivity index (χ1) is 7.81. The summed E-state index contributed by atoms with van der Waals surface area (Å²) in [6, 6.07) is 8.08. The molecule has 3 heteroatoms. The molecule has 2 aromatic rings. The monoisotopic (exact) mass is 230 g/mol. The first-order valence-electron chi connectivity index (χ1n) is 5.19. The number of ketones is 1. The fourth-order valence-electron chi connectivity index (χ4n) is 2.17. The zero-order chi connectivity index (χ0) is 11.1. The molecule has 0 radical (unpaired) electrons. The smallest absolute Gasteiger partial charge is 0.202 e. The molecular formula is C13H10O2S. The molecule has 0 spiro atoms. The summed E-state index contributed by atoms with van der Waals surface area (Å²) in [5, 5.41) is 10.2. The number of fused-ring (bicyclic) bond motifs is 3. The van der Waals surface area contributed by atoms with Gasteiger partial charge in [0.15, 0.2) is 0 Å². The quantitative estimate of drug-likeness (QED) is 0.555. The lowest BCUT2D eigenvalue weighted by Gasteiger charge is -2.12. The third-order valence-electron chi connectivity index (χ3n) is 3.00. The molecule has 0 atom stereocenters. The average Bonchev–Trinajstić information content (AvgIpc) is 2.69. The minimum atomic E-state index is -0.00931. The Hall–Kier alpha value is -1.61. The molecule has 0 amide bonds. The van der Waals surface area contributed by atoms with E-state index < -0.39 is 0 Å². The fraction of sp³-hybridized carbons (Fsp3) is 0.154. The van der Waals surface area contributed by atoms with Crippen LogP contribution in [0.4, 0.5) is 0 Å². The van der Waals surface area contributed by atoms with Crippen LogP contribution in [0.2, 0.25) is 0 Å². The summed E-state index contributed by atoms with van der Waals surface area (Å²) in [6.45, 7) is 0. The van der Waals surface area contributed by atoms with E-state index in [2.05, 4.69) is 6.07 Å². The van der Waals surface area contributed by atoms with Gasteiger partial charge in [-0.25, -0.2) is 0 Å². The number of aryl methyl sites for hydroxylation is 1. The van der Waals surface area contributed by atoms with Crippen molar-refractivity contribution in [1.82, 2.24) is 0 Å². The Kier molecular flexibility index (Phi) is 2.07. The summed E-state index contributed by atoms with van der Waals surface area (Å²) in [4.78, 5) is 12.8. The summed E-state index contributed by atoms with van der Waals surface area (Å²) >= 11 is 1.53. The maximum absolute atomic E-state index is 12.0. The maximum Gasteiger partial charge on any atom is 0.202 e. The fourth-order valence-corrected chi connectivity index (χ4v) is 3.40. The van der Waals surface area contributed by atoms with Crippen molar-refractivity contribution in [3.05, 3.63) is 46.5 Å². The summed E-state index contributed by atoms with van der Waals surface area (Å²) in [7, 11) is 0. The molecule has 0 saturated heterocycles. The molecule has 2 nitrogen and oxygen atoms in total. The highest BCUT2D eigenvalue weighted by atomic mass is 32.1. The molecule has 1 aliphatic carbocycles. The van der Waals surface area contributed by atoms with Crippen molar-refractivity contribution in [1.29, 1.82) is 0 Å². The van der Waals surface area contributed by atoms with Gasteiger partial charge in [0, 0.05) is 10.3 Å². The van der Waals surface area contributed by atoms with Gasteiger partial charge >= 0.3 is 0 Å². The standard InChI is InChI=1S/C13H10O2S/c14-7-8-5-6-10-9-3-1-2-4-11(9)16-13(10)12(8)15/h1-4,7,14H,5-6H2/b8-7-. The molecule has 1 aliphatic rings. The number of benzene rings is 1. The largest absolute Gasteiger partial charge is 0.515 e. The van der Waals surface area contributed by atoms with Crippen molar-refractivity contribution in [3.8, 4) is 0 Å². The van der Waals surface area contributed by atoms with Crippen molar-refractivity contribution >= 4 is 27.2 Å². The summed E-state index contributed by atoms with van der Waals surface area (Å²) in [5.74, 6) is -0.00931. The van der Waals surface area contributed by atoms with Crippen LogP contribution in [0.15, 0.2) is 36.1 Å². The first kappa shape index (κ1) is 9.60. The Labute approximate surface area is 96.8 Å². The van der Waals surface area contributed by atoms with E-state index in [4.69, 9.17) is 5.11 Å². The van der Waals surface area contributed by atoms with Crippen LogP contribution in [0, 0.1) is 0 Å². The molecule has 0 fully saturated rings. The zero-order valence-electron chi connectivity index (χ0n) is 8.56. The predicted octanol–water partition coefficient (Wildman–Crippen LogP) is 3.47. The lowest BCUT2D eigenvalue weighted by atomic mass is 9.92. The van der Waals surface area contributed by atoms with Crippen molar-refractivity contribution in [3.63, 3.8) is 0 Å². The van der Waals surface area contributed by atoms with Crippen LogP contribution in [0.25, 0.3) is 10.1 Å². The topological polar surface area (TPSA) is 37.3 Å². The van der Waals surface area contributed by atoms with Crippen LogP contribution in [-0.2, 0) is 6.42 Å². The minimum Gasteiger partial charge on any atom is -0.515 e. The molecule has 1 heterocycles. The molecule has 0 saturated carbocycles. The van der Waals surface area contributed by atoms with E-state index >= 15 is 0 Å². The van der Waals surface area contributed by atoms with Crippen LogP contribution >= 0.6 is 11.3 Å². The first-order valence-corrected chi connectivity index (χ1v) is 6.01. The summed E-state index contributed by atoms with van der Waals surface area (Å²) < 4.78 is 1.15. The Balaban J connectivity index is 2.29. The number of carbonyl (C=O) groups excluding carboxylic acids is 1. The predicted molar refractivity (Wildman–Crippen MR) is 65.2 cm³/mol. The van der Waals surface area contributed by atoms with Gasteiger partial charge < -0.3 is 5.11 Å². The average molecular weight is 230 g/mol. The number of aliphatic hydroxyl groups excluding tert-OH is 1. The van der Waals surface area contributed by atoms with E-state index in [0.717, 1.165) is 27.8 Å². The Morgan fingerprint density at radius 3 is 2.88 bits per heavy atom. The van der Waals surface area contributed by atoms with Crippen LogP contribution in [0.5, 0.6) is 0 Å². The van der Waals surface area contributed by atoms with Gasteiger partial charge in [0.1, 0.15) is 0 Å². The highest BCUT2D eigenvalue weighted by Gasteiger charge is 2.25. The molecule has 1 aromatic heterocycles. The second kappa shape index (κ2) is 3.46. The number of Topliss-reactive ketones (excluding diaryl/α,β-unsaturated/α-hetero) is 1. The molecule has 0 bridgehead atoms. The molecule has 16 heavy (non-hydrogen) atoms. The van der Waals surface area contributed by atoms with E-state index in [-0.39, 0.29) is 5.78 Å². The Morgan fingerprint density at radius 1 is 1.25 bits per heavy atom. The number of rotatable bonds is 0. The van der Waals surface area contributed by atoms with Crippen molar-refractivity contribution in [2.75, 3.05) is 0 Å². The van der Waals surface area contributed by atoms with Crippen molar-refractivity contribution in [2.24, 2.45) is 0 Å². The van der Waals surface area contributed by atoms with Gasteiger partial charge in [-0.05, 0) is 29.9 Å². The second-order valence-corrected chi connectivity index (χ2v) is 4.94. The van der Waals surface area contributed by atoms with Crippen LogP contribution < -0.4 is 0 Å². The Bertz CT molecular complexity index is 607. The van der Waals surface area contributed by atoms with Crippen LogP contribution in [0.3, 0.4) is 0 Å². The number of allylic oxidation sites excluding steroid dienone is 1. The highest BCUT2D eigenvalue weighted by molar-refractivity contribution is 7.21. The number of hydrogen-bond acceptors (Lipinski definition) is 3. The lowest BCUT2D eigenvalue weighted by Crippen LogP contribution is -2.11. The SMILES string of the molecule is O=C1/C(=C\O)CCc2c1sc1ccccc21. The molecular weight excluding hydrogens is 220 g/mol. The van der Waals surface area contributed by atoms with E-state index in [1.165, 1.54) is 16.7 Å². The van der Waals surface area contributed by atoms with Gasteiger partial charge in [-0.3, -0.25) is 4.79 Å². The Morgan fingerprint density at radius 2 is 2.06 bits per heavy atom. The van der Waals surface area contributed by atoms with Gasteiger partial charge in [0.2, 0.25) is 5.78 Å². The van der Waals surface area contributed by atoms with Gasteiger partial charge in [-0.2, -0.15) is 0 Å². The van der Waals surface area contributed by atoms with Crippen LogP contribution in [0.1, 0.15) is 21.7 Å². The van der Waals surface area contributed by atoms with Crippen molar-refractivity contribution in [2.45, 2.75) is 12.8 Å². The van der Waals surface area contributed by atoms with Gasteiger partial charge in [-0.1, -0.05) is 18.2 Å². The zero-order valence-corrected chi connectivity index (χ0v) is 9.38. The molecule has 0 unspecified atom stereocenters. The third-order valence-corrected chi connectivity index (χ3v) is 4.21. The molecule has 3 rings (SSSR count). The number of hydrogen-bond donors (Lipinski definition) is 1. The number of aliphatic hydroxyl groups is 1. The molecule has 80 valence electrons. The van der Waals surface area contributed by atoms with E-state index in [9.17, 15) is 4.79 Å². The molecule has 1 aromatic carbocycles. The van der Waals surface area contributed by atoms with E-state index in [1.54, 1.807) is 0 Å². The van der Waals surface area contributed by atoms with E-state index in [0.29, 0.717) is 12.0 Å². The highest BCUT2D eigenvalue weighted by Crippen LogP contribution is 2.37. The number of carbonyl (C=O) groups is 1. The van der Waals surface area contributed by atoms with Gasteiger partial charge in [0.25, 0.3) is 0 Å². The maximum atomic E-state index is 12.0. The van der Waals surface area contributed by atoms with Crippen molar-refractivity contribution < 1.29 is 9.90 Å².